The molecule has 1 fully saturated rings. The quantitative estimate of drug-likeness (QED) is 0.627. The second kappa shape index (κ2) is 5.94. The molecule has 1 unspecified atom stereocenters. The molecule has 0 heterocycles. The summed E-state index contributed by atoms with van der Waals surface area (Å²) >= 11 is 0. The number of hydrogen-bond donors (Lipinski definition) is 3. The van der Waals surface area contributed by atoms with Gasteiger partial charge in [0.1, 0.15) is 6.04 Å². The Morgan fingerprint density at radius 3 is 2.38 bits per heavy atom. The molecule has 0 aromatic heterocycles. The third-order valence-electron chi connectivity index (χ3n) is 2.46. The van der Waals surface area contributed by atoms with Crippen molar-refractivity contribution in [3.8, 4) is 0 Å². The highest BCUT2D eigenvalue weighted by molar-refractivity contribution is 5.72. The van der Waals surface area contributed by atoms with Gasteiger partial charge in [-0.3, -0.25) is 4.79 Å². The second-order valence-corrected chi connectivity index (χ2v) is 3.56. The number of carboxylic acids is 1. The average Bonchev–Trinajstić information content (AvgIpc) is 2.06. The van der Waals surface area contributed by atoms with Gasteiger partial charge >= 0.3 is 5.97 Å². The lowest BCUT2D eigenvalue weighted by Crippen LogP contribution is -2.42. The smallest absolute Gasteiger partial charge is 0.320 e. The Kier molecular flexibility index (Phi) is 5.66. The van der Waals surface area contributed by atoms with Crippen molar-refractivity contribution < 1.29 is 9.90 Å². The Balaban J connectivity index is 0.00000144. The molecule has 13 heavy (non-hydrogen) atoms. The van der Waals surface area contributed by atoms with Crippen LogP contribution in [0.3, 0.4) is 0 Å². The van der Waals surface area contributed by atoms with E-state index in [-0.39, 0.29) is 6.15 Å². The van der Waals surface area contributed by atoms with Crippen LogP contribution in [0, 0.1) is 0 Å². The predicted octanol–water partition coefficient (Wildman–Crippen LogP) is 1.54. The van der Waals surface area contributed by atoms with E-state index in [4.69, 9.17) is 5.11 Å². The van der Waals surface area contributed by atoms with E-state index in [0.717, 1.165) is 12.8 Å². The first-order valence-electron chi connectivity index (χ1n) is 4.69. The van der Waals surface area contributed by atoms with Crippen LogP contribution in [0.25, 0.3) is 0 Å². The van der Waals surface area contributed by atoms with Gasteiger partial charge in [-0.15, -0.1) is 0 Å². The number of rotatable bonds is 3. The lowest BCUT2D eigenvalue weighted by atomic mass is 9.95. The van der Waals surface area contributed by atoms with Crippen molar-refractivity contribution in [3.05, 3.63) is 0 Å². The minimum atomic E-state index is -0.749. The number of nitrogens with one attached hydrogen (secondary N) is 1. The summed E-state index contributed by atoms with van der Waals surface area (Å²) in [7, 11) is 0. The van der Waals surface area contributed by atoms with Crippen LogP contribution in [0.4, 0.5) is 0 Å². The van der Waals surface area contributed by atoms with E-state index < -0.39 is 12.0 Å². The zero-order chi connectivity index (χ0) is 8.97. The van der Waals surface area contributed by atoms with Crippen LogP contribution in [-0.2, 0) is 4.79 Å². The van der Waals surface area contributed by atoms with Gasteiger partial charge in [0, 0.05) is 6.04 Å². The van der Waals surface area contributed by atoms with Crippen LogP contribution in [-0.4, -0.2) is 23.2 Å². The molecule has 0 bridgehead atoms. The Morgan fingerprint density at radius 1 is 1.38 bits per heavy atom. The van der Waals surface area contributed by atoms with Crippen molar-refractivity contribution in [2.24, 2.45) is 0 Å². The van der Waals surface area contributed by atoms with Crippen molar-refractivity contribution in [1.29, 1.82) is 0 Å². The van der Waals surface area contributed by atoms with Crippen LogP contribution < -0.4 is 11.5 Å². The second-order valence-electron chi connectivity index (χ2n) is 3.56. The summed E-state index contributed by atoms with van der Waals surface area (Å²) in [6, 6.07) is 0.0398. The molecule has 5 N–H and O–H groups in total. The van der Waals surface area contributed by atoms with E-state index in [2.05, 4.69) is 5.32 Å². The zero-order valence-electron chi connectivity index (χ0n) is 8.25. The van der Waals surface area contributed by atoms with E-state index in [1.165, 1.54) is 19.3 Å². The summed E-state index contributed by atoms with van der Waals surface area (Å²) in [4.78, 5) is 10.5. The fourth-order valence-corrected chi connectivity index (χ4v) is 1.69. The molecule has 4 heteroatoms. The number of hydrogen-bond acceptors (Lipinski definition) is 3. The van der Waals surface area contributed by atoms with E-state index in [0.29, 0.717) is 6.04 Å². The summed E-state index contributed by atoms with van der Waals surface area (Å²) < 4.78 is 0. The van der Waals surface area contributed by atoms with Crippen LogP contribution in [0.1, 0.15) is 39.0 Å². The van der Waals surface area contributed by atoms with E-state index in [1.54, 1.807) is 6.92 Å². The molecule has 0 aliphatic heterocycles. The fraction of sp³-hybridized carbons (Fsp3) is 0.889. The normalized spacial score (nSPS) is 20.4. The highest BCUT2D eigenvalue weighted by Gasteiger charge is 2.18. The Morgan fingerprint density at radius 2 is 1.92 bits per heavy atom. The molecule has 1 aliphatic rings. The molecule has 0 saturated heterocycles. The van der Waals surface area contributed by atoms with Gasteiger partial charge in [-0.25, -0.2) is 0 Å². The van der Waals surface area contributed by atoms with Crippen LogP contribution in [0.5, 0.6) is 0 Å². The molecule has 0 radical (unpaired) electrons. The first-order chi connectivity index (χ1) is 5.70. The maximum Gasteiger partial charge on any atom is 0.320 e. The first-order valence-corrected chi connectivity index (χ1v) is 4.69. The third kappa shape index (κ3) is 4.24. The van der Waals surface area contributed by atoms with Gasteiger partial charge in [0.05, 0.1) is 0 Å². The van der Waals surface area contributed by atoms with Crippen molar-refractivity contribution in [2.75, 3.05) is 0 Å². The van der Waals surface area contributed by atoms with Crippen molar-refractivity contribution in [3.63, 3.8) is 0 Å². The van der Waals surface area contributed by atoms with Gasteiger partial charge in [0.2, 0.25) is 0 Å². The van der Waals surface area contributed by atoms with E-state index in [9.17, 15) is 4.79 Å². The Bertz CT molecular complexity index is 156. The minimum absolute atomic E-state index is 0. The first kappa shape index (κ1) is 12.4. The molecular formula is C9H20N2O2. The zero-order valence-corrected chi connectivity index (χ0v) is 8.25. The third-order valence-corrected chi connectivity index (χ3v) is 2.46. The average molecular weight is 188 g/mol. The number of aliphatic carboxylic acids is 1. The van der Waals surface area contributed by atoms with Gasteiger partial charge in [-0.2, -0.15) is 0 Å². The van der Waals surface area contributed by atoms with Gasteiger partial charge in [0.25, 0.3) is 0 Å². The molecule has 0 aromatic rings. The van der Waals surface area contributed by atoms with Crippen LogP contribution >= 0.6 is 0 Å². The number of carbonyl (C=O) groups is 1. The van der Waals surface area contributed by atoms with Crippen molar-refractivity contribution in [2.45, 2.75) is 51.1 Å². The van der Waals surface area contributed by atoms with Gasteiger partial charge in [0.15, 0.2) is 0 Å². The van der Waals surface area contributed by atoms with Crippen molar-refractivity contribution >= 4 is 5.97 Å². The highest BCUT2D eigenvalue weighted by Crippen LogP contribution is 2.17. The topological polar surface area (TPSA) is 84.3 Å². The molecule has 1 saturated carbocycles. The summed E-state index contributed by atoms with van der Waals surface area (Å²) in [6.45, 7) is 1.71. The van der Waals surface area contributed by atoms with E-state index in [1.807, 2.05) is 0 Å². The summed E-state index contributed by atoms with van der Waals surface area (Å²) in [5.74, 6) is -0.749. The monoisotopic (exact) mass is 188 g/mol. The molecule has 1 aliphatic carbocycles. The van der Waals surface area contributed by atoms with Crippen molar-refractivity contribution in [1.82, 2.24) is 11.5 Å². The molecule has 0 amide bonds. The lowest BCUT2D eigenvalue weighted by Gasteiger charge is -2.24. The molecule has 0 spiro atoms. The summed E-state index contributed by atoms with van der Waals surface area (Å²) in [5.41, 5.74) is 0. The SMILES string of the molecule is CC(NC1CCCCC1)C(=O)O.N. The molecule has 1 rings (SSSR count). The molecule has 0 aromatic carbocycles. The van der Waals surface area contributed by atoms with E-state index >= 15 is 0 Å². The molecule has 4 nitrogen and oxygen atoms in total. The Labute approximate surface area is 79.3 Å². The molecular weight excluding hydrogens is 168 g/mol. The minimum Gasteiger partial charge on any atom is -0.480 e. The van der Waals surface area contributed by atoms with Gasteiger partial charge in [-0.05, 0) is 19.8 Å². The lowest BCUT2D eigenvalue weighted by molar-refractivity contribution is -0.139. The largest absolute Gasteiger partial charge is 0.480 e. The maximum atomic E-state index is 10.5. The van der Waals surface area contributed by atoms with Crippen LogP contribution in [0.15, 0.2) is 0 Å². The summed E-state index contributed by atoms with van der Waals surface area (Å²) in [5, 5.41) is 11.8. The summed E-state index contributed by atoms with van der Waals surface area (Å²) in [6.07, 6.45) is 6.06. The fourth-order valence-electron chi connectivity index (χ4n) is 1.69. The Hall–Kier alpha value is -0.610. The highest BCUT2D eigenvalue weighted by atomic mass is 16.4. The molecule has 1 atom stereocenters. The standard InChI is InChI=1S/C9H17NO2.H3N/c1-7(9(11)12)10-8-5-3-2-4-6-8;/h7-8,10H,2-6H2,1H3,(H,11,12);1H3. The number of carboxylic acid groups (broad SMARTS) is 1. The molecule has 78 valence electrons. The van der Waals surface area contributed by atoms with Gasteiger partial charge in [-0.1, -0.05) is 19.3 Å². The van der Waals surface area contributed by atoms with Gasteiger partial charge < -0.3 is 16.6 Å². The predicted molar refractivity (Wildman–Crippen MR) is 52.1 cm³/mol. The van der Waals surface area contributed by atoms with Crippen LogP contribution in [0.2, 0.25) is 0 Å². The maximum absolute atomic E-state index is 10.5.